The lowest BCUT2D eigenvalue weighted by molar-refractivity contribution is 0.0602. The number of nitrogens with zero attached hydrogens (tertiary/aromatic N) is 2. The Kier molecular flexibility index (Phi) is 5.04. The van der Waals surface area contributed by atoms with E-state index in [1.807, 2.05) is 12.1 Å². The molecule has 2 heterocycles. The second kappa shape index (κ2) is 6.30. The zero-order valence-corrected chi connectivity index (χ0v) is 17.3. The highest BCUT2D eigenvalue weighted by atomic mass is 79.9. The number of nitrogens with one attached hydrogen (secondary N) is 1. The molecule has 134 valence electrons. The van der Waals surface area contributed by atoms with E-state index < -0.39 is 27.3 Å². The average Bonchev–Trinajstić information content (AvgIpc) is 2.80. The van der Waals surface area contributed by atoms with Crippen molar-refractivity contribution in [2.75, 3.05) is 12.8 Å². The molecule has 1 saturated heterocycles. The summed E-state index contributed by atoms with van der Waals surface area (Å²) in [5.41, 5.74) is -1.60. The first-order valence-corrected chi connectivity index (χ1v) is 10.4. The quantitative estimate of drug-likeness (QED) is 0.729. The van der Waals surface area contributed by atoms with E-state index in [0.717, 1.165) is 13.0 Å². The molecule has 0 bridgehead atoms. The SMILES string of the molecule is CN1/C(=N\C(=O)OC(C)(C)C)N[C@](C)(c2ccc(Br)s2)CS1(=O)=O. The molecule has 1 aliphatic heterocycles. The lowest BCUT2D eigenvalue weighted by Gasteiger charge is -2.39. The number of ether oxygens (including phenoxy) is 1. The largest absolute Gasteiger partial charge is 0.442 e. The first-order valence-electron chi connectivity index (χ1n) is 7.15. The van der Waals surface area contributed by atoms with E-state index in [4.69, 9.17) is 4.74 Å². The first-order chi connectivity index (χ1) is 10.8. The molecule has 1 atom stereocenters. The first kappa shape index (κ1) is 19.2. The number of aliphatic imine (C=N–C) groups is 1. The molecule has 0 unspecified atom stereocenters. The van der Waals surface area contributed by atoms with Crippen LogP contribution in [0.4, 0.5) is 4.79 Å². The molecular weight excluding hydrogens is 418 g/mol. The van der Waals surface area contributed by atoms with Gasteiger partial charge in [0.2, 0.25) is 16.0 Å². The summed E-state index contributed by atoms with van der Waals surface area (Å²) in [6, 6.07) is 3.69. The molecule has 0 aromatic carbocycles. The van der Waals surface area contributed by atoms with E-state index in [1.54, 1.807) is 27.7 Å². The maximum Gasteiger partial charge on any atom is 0.437 e. The number of guanidine groups is 1. The molecule has 0 saturated carbocycles. The molecule has 10 heteroatoms. The molecule has 0 radical (unpaired) electrons. The Bertz CT molecular complexity index is 782. The Morgan fingerprint density at radius 2 is 2.08 bits per heavy atom. The minimum atomic E-state index is -3.62. The molecule has 1 fully saturated rings. The summed E-state index contributed by atoms with van der Waals surface area (Å²) in [6.45, 7) is 6.91. The lowest BCUT2D eigenvalue weighted by atomic mass is 10.0. The zero-order chi connectivity index (χ0) is 18.3. The van der Waals surface area contributed by atoms with Gasteiger partial charge in [-0.15, -0.1) is 16.3 Å². The third-order valence-electron chi connectivity index (χ3n) is 3.28. The van der Waals surface area contributed by atoms with Crippen LogP contribution in [-0.4, -0.2) is 43.2 Å². The van der Waals surface area contributed by atoms with Crippen LogP contribution in [0.3, 0.4) is 0 Å². The van der Waals surface area contributed by atoms with Gasteiger partial charge >= 0.3 is 6.09 Å². The molecule has 7 nitrogen and oxygen atoms in total. The van der Waals surface area contributed by atoms with Gasteiger partial charge in [0, 0.05) is 11.9 Å². The van der Waals surface area contributed by atoms with Gasteiger partial charge in [-0.25, -0.2) is 17.5 Å². The highest BCUT2D eigenvalue weighted by Crippen LogP contribution is 2.34. The molecule has 1 aliphatic rings. The van der Waals surface area contributed by atoms with Crippen LogP contribution in [0, 0.1) is 0 Å². The summed E-state index contributed by atoms with van der Waals surface area (Å²) in [7, 11) is -2.27. The second-order valence-electron chi connectivity index (χ2n) is 6.70. The molecule has 2 rings (SSSR count). The van der Waals surface area contributed by atoms with Gasteiger partial charge in [-0.3, -0.25) is 0 Å². The van der Waals surface area contributed by atoms with Crippen LogP contribution in [0.15, 0.2) is 20.9 Å². The Morgan fingerprint density at radius 3 is 2.58 bits per heavy atom. The van der Waals surface area contributed by atoms with Crippen LogP contribution >= 0.6 is 27.3 Å². The smallest absolute Gasteiger partial charge is 0.437 e. The van der Waals surface area contributed by atoms with Gasteiger partial charge in [-0.1, -0.05) is 0 Å². The number of halogens is 1. The Hall–Kier alpha value is -1.13. The molecule has 0 aliphatic carbocycles. The summed E-state index contributed by atoms with van der Waals surface area (Å²) in [6.07, 6.45) is -0.844. The van der Waals surface area contributed by atoms with Crippen LogP contribution < -0.4 is 5.32 Å². The number of sulfonamides is 1. The predicted molar refractivity (Wildman–Crippen MR) is 97.7 cm³/mol. The van der Waals surface area contributed by atoms with Crippen molar-refractivity contribution >= 4 is 49.3 Å². The van der Waals surface area contributed by atoms with Gasteiger partial charge in [0.25, 0.3) is 0 Å². The second-order valence-corrected chi connectivity index (χ2v) is 11.2. The van der Waals surface area contributed by atoms with E-state index >= 15 is 0 Å². The average molecular weight is 438 g/mol. The Morgan fingerprint density at radius 1 is 1.46 bits per heavy atom. The van der Waals surface area contributed by atoms with Gasteiger partial charge in [0.15, 0.2) is 0 Å². The van der Waals surface area contributed by atoms with Crippen molar-refractivity contribution in [3.05, 3.63) is 20.8 Å². The minimum absolute atomic E-state index is 0.0532. The topological polar surface area (TPSA) is 88.1 Å². The van der Waals surface area contributed by atoms with Crippen molar-refractivity contribution in [3.63, 3.8) is 0 Å². The standard InChI is InChI=1S/C14H20BrN3O4S2/c1-13(2,3)22-12(19)16-11-17-14(4,8-24(20,21)18(11)5)9-6-7-10(15)23-9/h6-7H,8H2,1-5H3,(H,16,17,19)/t14-/m0/s1. The van der Waals surface area contributed by atoms with Gasteiger partial charge in [0.1, 0.15) is 5.60 Å². The molecule has 24 heavy (non-hydrogen) atoms. The molecule has 1 aromatic rings. The minimum Gasteiger partial charge on any atom is -0.442 e. The van der Waals surface area contributed by atoms with E-state index in [1.165, 1.54) is 18.4 Å². The summed E-state index contributed by atoms with van der Waals surface area (Å²) in [5, 5.41) is 3.07. The number of hydrogen-bond acceptors (Lipinski definition) is 5. The van der Waals surface area contributed by atoms with E-state index in [9.17, 15) is 13.2 Å². The highest BCUT2D eigenvalue weighted by molar-refractivity contribution is 9.11. The molecule has 1 amide bonds. The monoisotopic (exact) mass is 437 g/mol. The fraction of sp³-hybridized carbons (Fsp3) is 0.571. The molecule has 0 spiro atoms. The number of amides is 1. The van der Waals surface area contributed by atoms with Crippen LogP contribution in [0.1, 0.15) is 32.6 Å². The van der Waals surface area contributed by atoms with Crippen LogP contribution in [-0.2, 0) is 20.3 Å². The normalized spacial score (nSPS) is 25.4. The van der Waals surface area contributed by atoms with Gasteiger partial charge in [0.05, 0.1) is 15.1 Å². The van der Waals surface area contributed by atoms with Crippen molar-refractivity contribution in [2.45, 2.75) is 38.8 Å². The third kappa shape index (κ3) is 4.28. The number of carbonyl (C=O) groups is 1. The molecule has 1 aromatic heterocycles. The van der Waals surface area contributed by atoms with Crippen LogP contribution in [0.2, 0.25) is 0 Å². The van der Waals surface area contributed by atoms with E-state index in [-0.39, 0.29) is 11.7 Å². The molecular formula is C14H20BrN3O4S2. The lowest BCUT2D eigenvalue weighted by Crippen LogP contribution is -2.61. The van der Waals surface area contributed by atoms with Gasteiger partial charge in [-0.2, -0.15) is 0 Å². The fourth-order valence-electron chi connectivity index (χ4n) is 2.17. The van der Waals surface area contributed by atoms with Crippen LogP contribution in [0.5, 0.6) is 0 Å². The zero-order valence-electron chi connectivity index (χ0n) is 14.1. The van der Waals surface area contributed by atoms with E-state index in [0.29, 0.717) is 0 Å². The van der Waals surface area contributed by atoms with Crippen molar-refractivity contribution in [1.29, 1.82) is 0 Å². The fourth-order valence-corrected chi connectivity index (χ4v) is 5.25. The highest BCUT2D eigenvalue weighted by Gasteiger charge is 2.43. The summed E-state index contributed by atoms with van der Waals surface area (Å²) < 4.78 is 32.0. The van der Waals surface area contributed by atoms with Crippen LogP contribution in [0.25, 0.3) is 0 Å². The van der Waals surface area contributed by atoms with Crippen molar-refractivity contribution in [1.82, 2.24) is 9.62 Å². The van der Waals surface area contributed by atoms with Crippen molar-refractivity contribution < 1.29 is 17.9 Å². The maximum atomic E-state index is 12.5. The van der Waals surface area contributed by atoms with Crippen molar-refractivity contribution in [3.8, 4) is 0 Å². The maximum absolute atomic E-state index is 12.5. The number of thiophene rings is 1. The molecule has 1 N–H and O–H groups in total. The van der Waals surface area contributed by atoms with E-state index in [2.05, 4.69) is 26.2 Å². The number of hydrogen-bond donors (Lipinski definition) is 1. The number of rotatable bonds is 1. The summed E-state index contributed by atoms with van der Waals surface area (Å²) in [5.74, 6) is -0.195. The third-order valence-corrected chi connectivity index (χ3v) is 7.12. The summed E-state index contributed by atoms with van der Waals surface area (Å²) in [4.78, 5) is 16.6. The predicted octanol–water partition coefficient (Wildman–Crippen LogP) is 2.88. The Balaban J connectivity index is 2.39. The van der Waals surface area contributed by atoms with Crippen molar-refractivity contribution in [2.24, 2.45) is 4.99 Å². The van der Waals surface area contributed by atoms with Gasteiger partial charge in [-0.05, 0) is 55.8 Å². The number of carbonyl (C=O) groups excluding carboxylic acids is 1. The van der Waals surface area contributed by atoms with Gasteiger partial charge < -0.3 is 10.1 Å². The Labute approximate surface area is 154 Å². The summed E-state index contributed by atoms with van der Waals surface area (Å²) >= 11 is 4.80.